The molecule has 1 fully saturated rings. The van der Waals surface area contributed by atoms with E-state index < -0.39 is 47.2 Å². The summed E-state index contributed by atoms with van der Waals surface area (Å²) in [4.78, 5) is 66.4. The third-order valence-electron chi connectivity index (χ3n) is 7.37. The van der Waals surface area contributed by atoms with Gasteiger partial charge < -0.3 is 20.2 Å². The van der Waals surface area contributed by atoms with Gasteiger partial charge in [0.15, 0.2) is 6.17 Å². The number of hydrogen-bond acceptors (Lipinski definition) is 6. The van der Waals surface area contributed by atoms with Crippen LogP contribution in [0.1, 0.15) is 70.6 Å². The number of carbonyl (C=O) groups excluding carboxylic acids is 3. The van der Waals surface area contributed by atoms with Crippen LogP contribution in [0.3, 0.4) is 0 Å². The average Bonchev–Trinajstić information content (AvgIpc) is 3.41. The summed E-state index contributed by atoms with van der Waals surface area (Å²) < 4.78 is 0. The van der Waals surface area contributed by atoms with Gasteiger partial charge in [0.25, 0.3) is 23.4 Å². The summed E-state index contributed by atoms with van der Waals surface area (Å²) in [5, 5.41) is 23.6. The van der Waals surface area contributed by atoms with Crippen LogP contribution in [0.4, 0.5) is 5.69 Å². The molecular weight excluding hydrogens is 552 g/mol. The summed E-state index contributed by atoms with van der Waals surface area (Å²) in [6, 6.07) is 18.1. The number of carboxylic acid groups (broad SMARTS) is 1. The van der Waals surface area contributed by atoms with E-state index >= 15 is 0 Å². The zero-order chi connectivity index (χ0) is 31.5. The van der Waals surface area contributed by atoms with Crippen molar-refractivity contribution in [3.05, 3.63) is 111 Å². The monoisotopic (exact) mass is 586 g/mol. The zero-order valence-corrected chi connectivity index (χ0v) is 24.4. The predicted molar refractivity (Wildman–Crippen MR) is 158 cm³/mol. The van der Waals surface area contributed by atoms with Gasteiger partial charge in [-0.15, -0.1) is 0 Å². The number of benzene rings is 3. The summed E-state index contributed by atoms with van der Waals surface area (Å²) in [7, 11) is 0. The van der Waals surface area contributed by atoms with Crippen LogP contribution in [-0.4, -0.2) is 62.8 Å². The molecule has 1 heterocycles. The Hall–Kier alpha value is -5.06. The number of carboxylic acids is 1. The van der Waals surface area contributed by atoms with Gasteiger partial charge >= 0.3 is 5.97 Å². The van der Waals surface area contributed by atoms with Crippen molar-refractivity contribution < 1.29 is 29.2 Å². The molecule has 3 aromatic carbocycles. The fourth-order valence-corrected chi connectivity index (χ4v) is 5.09. The number of nitrogens with zero attached hydrogens (tertiary/aromatic N) is 3. The van der Waals surface area contributed by atoms with Crippen LogP contribution in [0, 0.1) is 17.0 Å². The minimum Gasteiger partial charge on any atom is -0.481 e. The Bertz CT molecular complexity index is 1560. The molecule has 43 heavy (non-hydrogen) atoms. The molecule has 1 aliphatic heterocycles. The first-order valence-electron chi connectivity index (χ1n) is 13.8. The number of nitro groups is 1. The molecule has 224 valence electrons. The molecule has 2 atom stereocenters. The highest BCUT2D eigenvalue weighted by molar-refractivity contribution is 6.02. The lowest BCUT2D eigenvalue weighted by molar-refractivity contribution is -0.384. The highest BCUT2D eigenvalue weighted by Crippen LogP contribution is 2.27. The number of amides is 3. The molecule has 0 bridgehead atoms. The Balaban J connectivity index is 1.70. The maximum atomic E-state index is 13.9. The second-order valence-electron chi connectivity index (χ2n) is 11.6. The fraction of sp³-hybridized carbons (Fsp3) is 0.312. The van der Waals surface area contributed by atoms with Crippen molar-refractivity contribution in [2.75, 3.05) is 13.1 Å². The molecule has 0 aromatic heterocycles. The maximum absolute atomic E-state index is 13.9. The fourth-order valence-electron chi connectivity index (χ4n) is 5.09. The van der Waals surface area contributed by atoms with Gasteiger partial charge in [-0.3, -0.25) is 29.3 Å². The van der Waals surface area contributed by atoms with E-state index in [2.05, 4.69) is 5.32 Å². The van der Waals surface area contributed by atoms with Gasteiger partial charge in [-0.25, -0.2) is 0 Å². The minimum atomic E-state index is -1.39. The Morgan fingerprint density at radius 2 is 1.53 bits per heavy atom. The Labute approximate surface area is 249 Å². The van der Waals surface area contributed by atoms with Crippen molar-refractivity contribution in [2.45, 2.75) is 51.7 Å². The van der Waals surface area contributed by atoms with Gasteiger partial charge in [0.05, 0.1) is 17.4 Å². The largest absolute Gasteiger partial charge is 0.481 e. The summed E-state index contributed by atoms with van der Waals surface area (Å²) in [5.74, 6) is -2.96. The normalized spacial score (nSPS) is 15.6. The second kappa shape index (κ2) is 12.4. The third-order valence-corrected chi connectivity index (χ3v) is 7.37. The molecule has 2 N–H and O–H groups in total. The summed E-state index contributed by atoms with van der Waals surface area (Å²) in [6.45, 7) is 8.11. The molecule has 2 unspecified atom stereocenters. The van der Waals surface area contributed by atoms with E-state index in [1.807, 2.05) is 45.9 Å². The topological polar surface area (TPSA) is 150 Å². The molecule has 0 aliphatic carbocycles. The predicted octanol–water partition coefficient (Wildman–Crippen LogP) is 4.46. The first-order valence-corrected chi connectivity index (χ1v) is 13.8. The van der Waals surface area contributed by atoms with Crippen LogP contribution in [0.15, 0.2) is 72.8 Å². The molecule has 0 spiro atoms. The number of nitrogens with one attached hydrogen (secondary N) is 1. The smallest absolute Gasteiger partial charge is 0.305 e. The van der Waals surface area contributed by atoms with E-state index in [-0.39, 0.29) is 29.8 Å². The number of nitro benzene ring substituents is 1. The van der Waals surface area contributed by atoms with E-state index in [1.165, 1.54) is 34.1 Å². The van der Waals surface area contributed by atoms with Gasteiger partial charge in [-0.1, -0.05) is 62.7 Å². The maximum Gasteiger partial charge on any atom is 0.305 e. The molecule has 3 aromatic rings. The van der Waals surface area contributed by atoms with Crippen molar-refractivity contribution in [1.29, 1.82) is 0 Å². The molecule has 0 saturated carbocycles. The number of non-ortho nitro benzene ring substituents is 1. The van der Waals surface area contributed by atoms with Crippen molar-refractivity contribution in [3.8, 4) is 0 Å². The standard InChI is InChI=1S/C32H34N4O7/c1-20-7-5-9-23(17-20)31(41)35-16-15-34(30(40)21-11-13-24(14-12-21)32(2,3)4)29(35)28(39)33-26(19-27(37)38)22-8-6-10-25(18-22)36(42)43/h5-14,17-18,26,29H,15-16,19H2,1-4H3,(H,33,39)(H,37,38). The Kier molecular flexibility index (Phi) is 8.93. The van der Waals surface area contributed by atoms with Crippen molar-refractivity contribution in [1.82, 2.24) is 15.1 Å². The molecule has 4 rings (SSSR count). The van der Waals surface area contributed by atoms with Crippen LogP contribution in [0.25, 0.3) is 0 Å². The molecule has 11 heteroatoms. The van der Waals surface area contributed by atoms with Crippen LogP contribution in [0.5, 0.6) is 0 Å². The molecule has 0 radical (unpaired) electrons. The number of aliphatic carboxylic acids is 1. The highest BCUT2D eigenvalue weighted by atomic mass is 16.6. The second-order valence-corrected chi connectivity index (χ2v) is 11.6. The molecule has 1 aliphatic rings. The summed E-state index contributed by atoms with van der Waals surface area (Å²) in [6.07, 6.45) is -1.97. The van der Waals surface area contributed by atoms with Crippen LogP contribution >= 0.6 is 0 Å². The van der Waals surface area contributed by atoms with Gasteiger partial charge in [0, 0.05) is 36.3 Å². The Morgan fingerprint density at radius 1 is 0.930 bits per heavy atom. The van der Waals surface area contributed by atoms with Crippen LogP contribution in [0.2, 0.25) is 0 Å². The highest BCUT2D eigenvalue weighted by Gasteiger charge is 2.44. The van der Waals surface area contributed by atoms with Crippen molar-refractivity contribution in [3.63, 3.8) is 0 Å². The third kappa shape index (κ3) is 7.06. The summed E-state index contributed by atoms with van der Waals surface area (Å²) in [5.41, 5.74) is 2.32. The van der Waals surface area contributed by atoms with Crippen molar-refractivity contribution >= 4 is 29.4 Å². The van der Waals surface area contributed by atoms with Gasteiger partial charge in [-0.2, -0.15) is 0 Å². The zero-order valence-electron chi connectivity index (χ0n) is 24.4. The average molecular weight is 587 g/mol. The lowest BCUT2D eigenvalue weighted by Crippen LogP contribution is -2.54. The first kappa shape index (κ1) is 30.9. The van der Waals surface area contributed by atoms with Crippen LogP contribution in [-0.2, 0) is 15.0 Å². The van der Waals surface area contributed by atoms with E-state index in [1.54, 1.807) is 30.3 Å². The van der Waals surface area contributed by atoms with Gasteiger partial charge in [-0.05, 0) is 47.7 Å². The van der Waals surface area contributed by atoms with E-state index in [4.69, 9.17) is 0 Å². The lowest BCUT2D eigenvalue weighted by atomic mass is 9.86. The van der Waals surface area contributed by atoms with Gasteiger partial charge in [0.1, 0.15) is 0 Å². The molecular formula is C32H34N4O7. The lowest BCUT2D eigenvalue weighted by Gasteiger charge is -2.31. The first-order chi connectivity index (χ1) is 20.3. The molecule has 3 amide bonds. The molecule has 11 nitrogen and oxygen atoms in total. The van der Waals surface area contributed by atoms with Crippen molar-refractivity contribution in [2.24, 2.45) is 0 Å². The summed E-state index contributed by atoms with van der Waals surface area (Å²) >= 11 is 0. The number of carbonyl (C=O) groups is 4. The molecule has 1 saturated heterocycles. The number of hydrogen-bond donors (Lipinski definition) is 2. The number of rotatable bonds is 8. The Morgan fingerprint density at radius 3 is 2.09 bits per heavy atom. The van der Waals surface area contributed by atoms with E-state index in [0.717, 1.165) is 11.1 Å². The number of aryl methyl sites for hydroxylation is 1. The van der Waals surface area contributed by atoms with Gasteiger partial charge in [0.2, 0.25) is 0 Å². The SMILES string of the molecule is Cc1cccc(C(=O)N2CCN(C(=O)c3ccc(C(C)(C)C)cc3)C2C(=O)NC(CC(=O)O)c2cccc([N+](=O)[O-])c2)c1. The van der Waals surface area contributed by atoms with E-state index in [0.29, 0.717) is 11.1 Å². The minimum absolute atomic E-state index is 0.0654. The quantitative estimate of drug-likeness (QED) is 0.292. The van der Waals surface area contributed by atoms with E-state index in [9.17, 15) is 34.4 Å². The van der Waals surface area contributed by atoms with Crippen LogP contribution < -0.4 is 5.32 Å².